The van der Waals surface area contributed by atoms with E-state index in [2.05, 4.69) is 10.6 Å². The fraction of sp³-hybridized carbons (Fsp3) is 0.0435. The van der Waals surface area contributed by atoms with Crippen LogP contribution in [0.2, 0.25) is 0 Å². The summed E-state index contributed by atoms with van der Waals surface area (Å²) in [7, 11) is 0. The SMILES string of the molecule is O=C(Nc1ccccc1NC1=CC(=O)N(c2ccccc2)C1)c1ccccc1. The van der Waals surface area contributed by atoms with Gasteiger partial charge in [-0.15, -0.1) is 0 Å². The van der Waals surface area contributed by atoms with Crippen LogP contribution in [0.25, 0.3) is 0 Å². The molecule has 2 amide bonds. The van der Waals surface area contributed by atoms with Crippen LogP contribution in [0, 0.1) is 0 Å². The van der Waals surface area contributed by atoms with Crippen molar-refractivity contribution in [1.29, 1.82) is 0 Å². The van der Waals surface area contributed by atoms with Crippen LogP contribution in [0.4, 0.5) is 17.1 Å². The number of hydrogen-bond donors (Lipinski definition) is 2. The summed E-state index contributed by atoms with van der Waals surface area (Å²) < 4.78 is 0. The van der Waals surface area contributed by atoms with Crippen molar-refractivity contribution in [1.82, 2.24) is 0 Å². The van der Waals surface area contributed by atoms with E-state index in [4.69, 9.17) is 0 Å². The van der Waals surface area contributed by atoms with E-state index in [9.17, 15) is 9.59 Å². The molecule has 0 bridgehead atoms. The van der Waals surface area contributed by atoms with Crippen molar-refractivity contribution >= 4 is 28.9 Å². The van der Waals surface area contributed by atoms with Crippen molar-refractivity contribution in [2.45, 2.75) is 0 Å². The lowest BCUT2D eigenvalue weighted by Crippen LogP contribution is -2.26. The first-order valence-corrected chi connectivity index (χ1v) is 9.00. The van der Waals surface area contributed by atoms with E-state index in [1.165, 1.54) is 0 Å². The Bertz CT molecular complexity index is 1030. The minimum atomic E-state index is -0.183. The first-order valence-electron chi connectivity index (χ1n) is 9.00. The molecule has 0 fully saturated rings. The number of rotatable bonds is 5. The van der Waals surface area contributed by atoms with Crippen molar-refractivity contribution in [3.05, 3.63) is 102 Å². The Morgan fingerprint density at radius 2 is 1.39 bits per heavy atom. The third-order valence-corrected chi connectivity index (χ3v) is 4.47. The van der Waals surface area contributed by atoms with Gasteiger partial charge in [0.25, 0.3) is 11.8 Å². The number of benzene rings is 3. The van der Waals surface area contributed by atoms with Crippen LogP contribution in [0.15, 0.2) is 96.7 Å². The molecule has 0 aliphatic carbocycles. The Kier molecular flexibility index (Phi) is 4.89. The quantitative estimate of drug-likeness (QED) is 0.706. The highest BCUT2D eigenvalue weighted by Crippen LogP contribution is 2.26. The maximum atomic E-state index is 12.5. The molecule has 3 aromatic rings. The summed E-state index contributed by atoms with van der Waals surface area (Å²) in [6.07, 6.45) is 1.59. The van der Waals surface area contributed by atoms with Gasteiger partial charge in [-0.3, -0.25) is 9.59 Å². The highest BCUT2D eigenvalue weighted by molar-refractivity contribution is 6.07. The fourth-order valence-electron chi connectivity index (χ4n) is 3.08. The monoisotopic (exact) mass is 369 g/mol. The lowest BCUT2D eigenvalue weighted by molar-refractivity contribution is -0.113. The average molecular weight is 369 g/mol. The minimum absolute atomic E-state index is 0.0699. The molecule has 2 N–H and O–H groups in total. The molecule has 1 heterocycles. The van der Waals surface area contributed by atoms with Crippen molar-refractivity contribution in [2.24, 2.45) is 0 Å². The normalized spacial score (nSPS) is 13.2. The van der Waals surface area contributed by atoms with Crippen LogP contribution in [0.1, 0.15) is 10.4 Å². The summed E-state index contributed by atoms with van der Waals surface area (Å²) in [6.45, 7) is 0.448. The third-order valence-electron chi connectivity index (χ3n) is 4.47. The molecular formula is C23H19N3O2. The van der Waals surface area contributed by atoms with Gasteiger partial charge >= 0.3 is 0 Å². The molecule has 0 saturated heterocycles. The summed E-state index contributed by atoms with van der Waals surface area (Å²) in [5.41, 5.74) is 3.60. The summed E-state index contributed by atoms with van der Waals surface area (Å²) in [5.74, 6) is -0.253. The smallest absolute Gasteiger partial charge is 0.255 e. The molecule has 5 nitrogen and oxygen atoms in total. The topological polar surface area (TPSA) is 61.4 Å². The highest BCUT2D eigenvalue weighted by Gasteiger charge is 2.23. The molecule has 138 valence electrons. The first kappa shape index (κ1) is 17.5. The van der Waals surface area contributed by atoms with Crippen LogP contribution >= 0.6 is 0 Å². The van der Waals surface area contributed by atoms with Gasteiger partial charge in [-0.05, 0) is 36.4 Å². The van der Waals surface area contributed by atoms with Crippen molar-refractivity contribution in [2.75, 3.05) is 22.1 Å². The summed E-state index contributed by atoms with van der Waals surface area (Å²) in [4.78, 5) is 26.5. The van der Waals surface area contributed by atoms with Crippen LogP contribution in [0.5, 0.6) is 0 Å². The second-order valence-corrected chi connectivity index (χ2v) is 6.42. The predicted molar refractivity (Wildman–Crippen MR) is 111 cm³/mol. The standard InChI is InChI=1S/C23H19N3O2/c27-22-15-18(16-26(22)19-11-5-2-6-12-19)24-20-13-7-8-14-21(20)25-23(28)17-9-3-1-4-10-17/h1-15,24H,16H2,(H,25,28). The highest BCUT2D eigenvalue weighted by atomic mass is 16.2. The maximum absolute atomic E-state index is 12.5. The number of amides is 2. The fourth-order valence-corrected chi connectivity index (χ4v) is 3.08. The summed E-state index contributed by atoms with van der Waals surface area (Å²) in [5, 5.41) is 6.21. The molecule has 1 aliphatic rings. The van der Waals surface area contributed by atoms with E-state index in [1.54, 1.807) is 23.1 Å². The van der Waals surface area contributed by atoms with Crippen LogP contribution in [-0.2, 0) is 4.79 Å². The van der Waals surface area contributed by atoms with Gasteiger partial charge in [-0.2, -0.15) is 0 Å². The molecule has 1 aliphatic heterocycles. The zero-order valence-corrected chi connectivity index (χ0v) is 15.1. The largest absolute Gasteiger partial charge is 0.356 e. The van der Waals surface area contributed by atoms with Gasteiger partial charge in [0.1, 0.15) is 0 Å². The number of nitrogens with zero attached hydrogens (tertiary/aromatic N) is 1. The molecule has 4 rings (SSSR count). The zero-order valence-electron chi connectivity index (χ0n) is 15.1. The van der Waals surface area contributed by atoms with E-state index in [-0.39, 0.29) is 11.8 Å². The van der Waals surface area contributed by atoms with Crippen LogP contribution < -0.4 is 15.5 Å². The Balaban J connectivity index is 1.50. The van der Waals surface area contributed by atoms with Gasteiger partial charge in [0, 0.05) is 23.0 Å². The lowest BCUT2D eigenvalue weighted by Gasteiger charge is -2.18. The molecule has 0 spiro atoms. The molecule has 0 saturated carbocycles. The van der Waals surface area contributed by atoms with E-state index < -0.39 is 0 Å². The molecular weight excluding hydrogens is 350 g/mol. The van der Waals surface area contributed by atoms with Crippen molar-refractivity contribution < 1.29 is 9.59 Å². The Hall–Kier alpha value is -3.86. The molecule has 0 aromatic heterocycles. The van der Waals surface area contributed by atoms with Gasteiger partial charge in [0.15, 0.2) is 0 Å². The van der Waals surface area contributed by atoms with Gasteiger partial charge in [0.05, 0.1) is 17.9 Å². The van der Waals surface area contributed by atoms with E-state index in [1.807, 2.05) is 72.8 Å². The molecule has 28 heavy (non-hydrogen) atoms. The zero-order chi connectivity index (χ0) is 19.3. The first-order chi connectivity index (χ1) is 13.7. The summed E-state index contributed by atoms with van der Waals surface area (Å²) in [6, 6.07) is 26.0. The Labute approximate surface area is 163 Å². The van der Waals surface area contributed by atoms with Gasteiger partial charge in [-0.1, -0.05) is 48.5 Å². The van der Waals surface area contributed by atoms with Crippen LogP contribution in [0.3, 0.4) is 0 Å². The van der Waals surface area contributed by atoms with Gasteiger partial charge in [-0.25, -0.2) is 0 Å². The second kappa shape index (κ2) is 7.80. The average Bonchev–Trinajstić information content (AvgIpc) is 3.11. The number of para-hydroxylation sites is 3. The molecule has 0 atom stereocenters. The number of anilines is 3. The number of nitrogens with one attached hydrogen (secondary N) is 2. The number of carbonyl (C=O) groups is 2. The van der Waals surface area contributed by atoms with E-state index >= 15 is 0 Å². The molecule has 3 aromatic carbocycles. The molecule has 5 heteroatoms. The molecule has 0 unspecified atom stereocenters. The minimum Gasteiger partial charge on any atom is -0.356 e. The number of carbonyl (C=O) groups excluding carboxylic acids is 2. The third kappa shape index (κ3) is 3.78. The maximum Gasteiger partial charge on any atom is 0.255 e. The van der Waals surface area contributed by atoms with E-state index in [0.29, 0.717) is 17.8 Å². The van der Waals surface area contributed by atoms with Crippen LogP contribution in [-0.4, -0.2) is 18.4 Å². The van der Waals surface area contributed by atoms with Crippen molar-refractivity contribution in [3.8, 4) is 0 Å². The molecule has 0 radical (unpaired) electrons. The number of hydrogen-bond acceptors (Lipinski definition) is 3. The summed E-state index contributed by atoms with van der Waals surface area (Å²) >= 11 is 0. The van der Waals surface area contributed by atoms with Crippen molar-refractivity contribution in [3.63, 3.8) is 0 Å². The lowest BCUT2D eigenvalue weighted by atomic mass is 10.2. The van der Waals surface area contributed by atoms with Gasteiger partial charge in [0.2, 0.25) is 0 Å². The van der Waals surface area contributed by atoms with E-state index in [0.717, 1.165) is 17.1 Å². The predicted octanol–water partition coefficient (Wildman–Crippen LogP) is 4.28. The Morgan fingerprint density at radius 3 is 2.11 bits per heavy atom. The Morgan fingerprint density at radius 1 is 0.786 bits per heavy atom. The van der Waals surface area contributed by atoms with Gasteiger partial charge < -0.3 is 15.5 Å². The second-order valence-electron chi connectivity index (χ2n) is 6.42.